The third kappa shape index (κ3) is 4.68. The first-order valence-corrected chi connectivity index (χ1v) is 8.93. The molecular weight excluding hydrogens is 262 g/mol. The molecule has 0 spiro atoms. The minimum Gasteiger partial charge on any atom is -0.352 e. The quantitative estimate of drug-likeness (QED) is 0.791. The van der Waals surface area contributed by atoms with Crippen LogP contribution in [0.25, 0.3) is 0 Å². The number of rotatable bonds is 6. The molecule has 1 amide bonds. The number of hydrogen-bond donors (Lipinski definition) is 2. The molecule has 0 aromatic rings. The monoisotopic (exact) mass is 295 g/mol. The number of nitrogens with one attached hydrogen (secondary N) is 1. The summed E-state index contributed by atoms with van der Waals surface area (Å²) in [6.45, 7) is 5.29. The molecule has 2 aliphatic rings. The Kier molecular flexibility index (Phi) is 6.49. The minimum atomic E-state index is -0.00938. The van der Waals surface area contributed by atoms with E-state index in [4.69, 9.17) is 5.73 Å². The molecule has 2 rings (SSSR count). The van der Waals surface area contributed by atoms with Crippen LogP contribution in [0.5, 0.6) is 0 Å². The molecule has 4 nitrogen and oxygen atoms in total. The lowest BCUT2D eigenvalue weighted by atomic mass is 9.90. The van der Waals surface area contributed by atoms with Crippen LogP contribution in [-0.4, -0.2) is 41.5 Å². The molecule has 4 heteroatoms. The Bertz CT molecular complexity index is 320. The molecule has 0 bridgehead atoms. The lowest BCUT2D eigenvalue weighted by molar-refractivity contribution is -0.127. The Hall–Kier alpha value is -0.610. The fraction of sp³-hybridized carbons (Fsp3) is 0.941. The van der Waals surface area contributed by atoms with Crippen LogP contribution >= 0.6 is 0 Å². The molecule has 3 N–H and O–H groups in total. The summed E-state index contributed by atoms with van der Waals surface area (Å²) in [4.78, 5) is 15.0. The zero-order valence-electron chi connectivity index (χ0n) is 13.8. The van der Waals surface area contributed by atoms with Gasteiger partial charge in [0.05, 0.1) is 6.04 Å². The third-order valence-electron chi connectivity index (χ3n) is 5.27. The van der Waals surface area contributed by atoms with Crippen LogP contribution in [0.1, 0.15) is 71.6 Å². The number of hydrogen-bond acceptors (Lipinski definition) is 3. The van der Waals surface area contributed by atoms with Gasteiger partial charge in [0.2, 0.25) is 5.91 Å². The van der Waals surface area contributed by atoms with Crippen LogP contribution in [0.2, 0.25) is 0 Å². The molecule has 0 aliphatic heterocycles. The molecule has 2 fully saturated rings. The number of nitrogens with zero attached hydrogens (tertiary/aromatic N) is 1. The Morgan fingerprint density at radius 3 is 2.38 bits per heavy atom. The van der Waals surface area contributed by atoms with Crippen molar-refractivity contribution >= 4 is 5.91 Å². The maximum absolute atomic E-state index is 12.5. The molecule has 122 valence electrons. The van der Waals surface area contributed by atoms with Crippen LogP contribution in [0.3, 0.4) is 0 Å². The van der Waals surface area contributed by atoms with Gasteiger partial charge in [0, 0.05) is 18.1 Å². The highest BCUT2D eigenvalue weighted by molar-refractivity contribution is 5.81. The molecule has 21 heavy (non-hydrogen) atoms. The molecule has 0 aromatic carbocycles. The van der Waals surface area contributed by atoms with Gasteiger partial charge >= 0.3 is 0 Å². The summed E-state index contributed by atoms with van der Waals surface area (Å²) in [6.07, 6.45) is 10.4. The smallest absolute Gasteiger partial charge is 0.237 e. The van der Waals surface area contributed by atoms with Gasteiger partial charge in [-0.05, 0) is 58.4 Å². The van der Waals surface area contributed by atoms with Crippen molar-refractivity contribution in [2.75, 3.05) is 6.54 Å². The molecule has 0 aromatic heterocycles. The molecular formula is C17H33N3O. The second-order valence-electron chi connectivity index (χ2n) is 6.97. The summed E-state index contributed by atoms with van der Waals surface area (Å²) in [5.74, 6) is 0.227. The van der Waals surface area contributed by atoms with E-state index in [0.29, 0.717) is 18.1 Å². The second-order valence-corrected chi connectivity index (χ2v) is 6.97. The van der Waals surface area contributed by atoms with E-state index in [-0.39, 0.29) is 11.9 Å². The van der Waals surface area contributed by atoms with Crippen molar-refractivity contribution in [3.05, 3.63) is 0 Å². The van der Waals surface area contributed by atoms with Crippen molar-refractivity contribution in [3.63, 3.8) is 0 Å². The Balaban J connectivity index is 1.90. The lowest BCUT2D eigenvalue weighted by Gasteiger charge is -2.39. The summed E-state index contributed by atoms with van der Waals surface area (Å²) in [7, 11) is 0. The summed E-state index contributed by atoms with van der Waals surface area (Å²) < 4.78 is 0. The first-order valence-electron chi connectivity index (χ1n) is 8.93. The van der Waals surface area contributed by atoms with Gasteiger partial charge in [0.1, 0.15) is 0 Å². The summed E-state index contributed by atoms with van der Waals surface area (Å²) in [5, 5.41) is 3.26. The lowest BCUT2D eigenvalue weighted by Crippen LogP contribution is -2.53. The van der Waals surface area contributed by atoms with Crippen LogP contribution in [-0.2, 0) is 4.79 Å². The molecule has 0 radical (unpaired) electrons. The highest BCUT2D eigenvalue weighted by atomic mass is 16.2. The molecule has 2 aliphatic carbocycles. The Morgan fingerprint density at radius 2 is 1.81 bits per heavy atom. The van der Waals surface area contributed by atoms with E-state index in [0.717, 1.165) is 51.5 Å². The van der Waals surface area contributed by atoms with Crippen molar-refractivity contribution in [2.45, 2.75) is 95.8 Å². The highest BCUT2D eigenvalue weighted by Gasteiger charge is 2.31. The number of carbonyl (C=O) groups is 1. The summed E-state index contributed by atoms with van der Waals surface area (Å²) in [5.41, 5.74) is 6.02. The number of nitrogens with two attached hydrogens (primary N) is 1. The number of carbonyl (C=O) groups excluding carboxylic acids is 1. The zero-order chi connectivity index (χ0) is 15.2. The van der Waals surface area contributed by atoms with E-state index in [1.165, 1.54) is 12.8 Å². The van der Waals surface area contributed by atoms with Crippen LogP contribution in [0.15, 0.2) is 0 Å². The first kappa shape index (κ1) is 16.8. The average molecular weight is 295 g/mol. The van der Waals surface area contributed by atoms with Gasteiger partial charge in [0.25, 0.3) is 0 Å². The zero-order valence-corrected chi connectivity index (χ0v) is 13.8. The number of amides is 1. The minimum absolute atomic E-state index is 0.00938. The van der Waals surface area contributed by atoms with E-state index < -0.39 is 0 Å². The van der Waals surface area contributed by atoms with E-state index in [1.54, 1.807) is 0 Å². The third-order valence-corrected chi connectivity index (χ3v) is 5.27. The highest BCUT2D eigenvalue weighted by Crippen LogP contribution is 2.24. The first-order chi connectivity index (χ1) is 10.1. The van der Waals surface area contributed by atoms with Gasteiger partial charge < -0.3 is 11.1 Å². The van der Waals surface area contributed by atoms with Crippen LogP contribution in [0.4, 0.5) is 0 Å². The topological polar surface area (TPSA) is 58.4 Å². The van der Waals surface area contributed by atoms with Gasteiger partial charge in [-0.2, -0.15) is 0 Å². The molecule has 0 heterocycles. The predicted octanol–water partition coefficient (Wildman–Crippen LogP) is 2.42. The SMILES string of the molecule is CCCN(C1CCC(N)CC1)C(C)C(=O)NC1CCCC1. The van der Waals surface area contributed by atoms with E-state index in [2.05, 4.69) is 24.1 Å². The van der Waals surface area contributed by atoms with Crippen LogP contribution in [0, 0.1) is 0 Å². The van der Waals surface area contributed by atoms with Crippen molar-refractivity contribution in [2.24, 2.45) is 5.73 Å². The summed E-state index contributed by atoms with van der Waals surface area (Å²) >= 11 is 0. The van der Waals surface area contributed by atoms with Gasteiger partial charge in [-0.15, -0.1) is 0 Å². The fourth-order valence-electron chi connectivity index (χ4n) is 3.93. The van der Waals surface area contributed by atoms with Crippen molar-refractivity contribution in [1.29, 1.82) is 0 Å². The van der Waals surface area contributed by atoms with E-state index in [1.807, 2.05) is 0 Å². The van der Waals surface area contributed by atoms with Gasteiger partial charge in [-0.1, -0.05) is 19.8 Å². The maximum Gasteiger partial charge on any atom is 0.237 e. The van der Waals surface area contributed by atoms with E-state index in [9.17, 15) is 4.79 Å². The van der Waals surface area contributed by atoms with E-state index >= 15 is 0 Å². The Morgan fingerprint density at radius 1 is 1.19 bits per heavy atom. The van der Waals surface area contributed by atoms with Gasteiger partial charge in [-0.25, -0.2) is 0 Å². The van der Waals surface area contributed by atoms with Gasteiger partial charge in [0.15, 0.2) is 0 Å². The summed E-state index contributed by atoms with van der Waals surface area (Å²) in [6, 6.07) is 1.31. The van der Waals surface area contributed by atoms with Crippen LogP contribution < -0.4 is 11.1 Å². The predicted molar refractivity (Wildman–Crippen MR) is 87.1 cm³/mol. The molecule has 1 atom stereocenters. The molecule has 2 saturated carbocycles. The van der Waals surface area contributed by atoms with Crippen molar-refractivity contribution < 1.29 is 4.79 Å². The maximum atomic E-state index is 12.5. The molecule has 1 unspecified atom stereocenters. The fourth-order valence-corrected chi connectivity index (χ4v) is 3.93. The largest absolute Gasteiger partial charge is 0.352 e. The van der Waals surface area contributed by atoms with Gasteiger partial charge in [-0.3, -0.25) is 9.69 Å². The Labute approximate surface area is 129 Å². The van der Waals surface area contributed by atoms with Crippen molar-refractivity contribution in [3.8, 4) is 0 Å². The normalized spacial score (nSPS) is 28.8. The average Bonchev–Trinajstić information content (AvgIpc) is 2.98. The molecule has 0 saturated heterocycles. The van der Waals surface area contributed by atoms with Crippen molar-refractivity contribution in [1.82, 2.24) is 10.2 Å². The standard InChI is InChI=1S/C17H33N3O/c1-3-12-20(16-10-8-14(18)9-11-16)13(2)17(21)19-15-6-4-5-7-15/h13-16H,3-12,18H2,1-2H3,(H,19,21). The second kappa shape index (κ2) is 8.14.